The predicted octanol–water partition coefficient (Wildman–Crippen LogP) is 1.10. The molecule has 0 saturated heterocycles. The van der Waals surface area contributed by atoms with Gasteiger partial charge in [-0.15, -0.1) is 0 Å². The zero-order valence-corrected chi connectivity index (χ0v) is 7.61. The fourth-order valence-corrected chi connectivity index (χ4v) is 0.859. The molecule has 0 rings (SSSR count). The van der Waals surface area contributed by atoms with E-state index >= 15 is 0 Å². The van der Waals surface area contributed by atoms with Crippen LogP contribution in [0.25, 0.3) is 0 Å². The molecule has 0 aliphatic heterocycles. The van der Waals surface area contributed by atoms with E-state index in [1.165, 1.54) is 6.92 Å². The standard InChI is InChI=1S/C7H11F2NO4/c1-2-14-6(11)3-5(7(8)9)4-10(12)13/h5,7H,2-4H2,1H3. The molecule has 5 nitrogen and oxygen atoms in total. The van der Waals surface area contributed by atoms with Gasteiger partial charge < -0.3 is 4.74 Å². The lowest BCUT2D eigenvalue weighted by Gasteiger charge is -2.10. The third-order valence-corrected chi connectivity index (χ3v) is 1.47. The second-order valence-electron chi connectivity index (χ2n) is 2.62. The van der Waals surface area contributed by atoms with Crippen molar-refractivity contribution in [3.05, 3.63) is 10.1 Å². The lowest BCUT2D eigenvalue weighted by Crippen LogP contribution is -2.25. The number of nitro groups is 1. The molecule has 0 aliphatic rings. The van der Waals surface area contributed by atoms with E-state index in [2.05, 4.69) is 4.74 Å². The SMILES string of the molecule is CCOC(=O)CC(C[N+](=O)[O-])C(F)F. The minimum absolute atomic E-state index is 0.0766. The lowest BCUT2D eigenvalue weighted by atomic mass is 10.1. The van der Waals surface area contributed by atoms with Crippen molar-refractivity contribution in [2.45, 2.75) is 19.8 Å². The smallest absolute Gasteiger partial charge is 0.306 e. The Labute approximate surface area is 79.2 Å². The molecule has 0 amide bonds. The van der Waals surface area contributed by atoms with E-state index in [1.54, 1.807) is 0 Å². The van der Waals surface area contributed by atoms with Crippen molar-refractivity contribution in [1.29, 1.82) is 0 Å². The van der Waals surface area contributed by atoms with Gasteiger partial charge in [-0.05, 0) is 6.92 Å². The van der Waals surface area contributed by atoms with E-state index in [-0.39, 0.29) is 6.61 Å². The van der Waals surface area contributed by atoms with Crippen molar-refractivity contribution in [3.8, 4) is 0 Å². The molecule has 0 aromatic carbocycles. The second-order valence-corrected chi connectivity index (χ2v) is 2.62. The van der Waals surface area contributed by atoms with Gasteiger partial charge in [0.15, 0.2) is 0 Å². The van der Waals surface area contributed by atoms with Gasteiger partial charge in [0.25, 0.3) is 0 Å². The van der Waals surface area contributed by atoms with Gasteiger partial charge in [-0.3, -0.25) is 14.9 Å². The predicted molar refractivity (Wildman–Crippen MR) is 42.6 cm³/mol. The molecular formula is C7H11F2NO4. The number of alkyl halides is 2. The maximum atomic E-state index is 12.1. The first kappa shape index (κ1) is 12.7. The summed E-state index contributed by atoms with van der Waals surface area (Å²) >= 11 is 0. The van der Waals surface area contributed by atoms with Gasteiger partial charge in [0, 0.05) is 4.92 Å². The van der Waals surface area contributed by atoms with E-state index in [4.69, 9.17) is 0 Å². The molecule has 0 N–H and O–H groups in total. The van der Waals surface area contributed by atoms with Crippen LogP contribution < -0.4 is 0 Å². The van der Waals surface area contributed by atoms with Crippen LogP contribution in [0, 0.1) is 16.0 Å². The van der Waals surface area contributed by atoms with E-state index < -0.39 is 36.2 Å². The highest BCUT2D eigenvalue weighted by Crippen LogP contribution is 2.15. The minimum Gasteiger partial charge on any atom is -0.466 e. The highest BCUT2D eigenvalue weighted by atomic mass is 19.3. The number of hydrogen-bond acceptors (Lipinski definition) is 4. The lowest BCUT2D eigenvalue weighted by molar-refractivity contribution is -0.491. The van der Waals surface area contributed by atoms with Crippen LogP contribution in [0.4, 0.5) is 8.78 Å². The molecule has 82 valence electrons. The Kier molecular flexibility index (Phi) is 5.66. The summed E-state index contributed by atoms with van der Waals surface area (Å²) in [5.74, 6) is -2.40. The van der Waals surface area contributed by atoms with Gasteiger partial charge in [0.2, 0.25) is 13.0 Å². The van der Waals surface area contributed by atoms with Crippen molar-refractivity contribution in [2.24, 2.45) is 5.92 Å². The maximum absolute atomic E-state index is 12.1. The van der Waals surface area contributed by atoms with E-state index in [0.29, 0.717) is 0 Å². The van der Waals surface area contributed by atoms with Crippen molar-refractivity contribution in [3.63, 3.8) is 0 Å². The van der Waals surface area contributed by atoms with Gasteiger partial charge >= 0.3 is 5.97 Å². The van der Waals surface area contributed by atoms with Crippen LogP contribution in [0.5, 0.6) is 0 Å². The van der Waals surface area contributed by atoms with Crippen LogP contribution in [0.3, 0.4) is 0 Å². The largest absolute Gasteiger partial charge is 0.466 e. The fraction of sp³-hybridized carbons (Fsp3) is 0.857. The molecule has 0 bridgehead atoms. The first-order valence-electron chi connectivity index (χ1n) is 4.03. The fourth-order valence-electron chi connectivity index (χ4n) is 0.859. The summed E-state index contributed by atoms with van der Waals surface area (Å²) < 4.78 is 28.7. The molecule has 0 saturated carbocycles. The molecule has 0 heterocycles. The Hall–Kier alpha value is -1.27. The van der Waals surface area contributed by atoms with E-state index in [9.17, 15) is 23.7 Å². The first-order valence-corrected chi connectivity index (χ1v) is 4.03. The number of ether oxygens (including phenoxy) is 1. The van der Waals surface area contributed by atoms with Crippen molar-refractivity contribution >= 4 is 5.97 Å². The monoisotopic (exact) mass is 211 g/mol. The van der Waals surface area contributed by atoms with E-state index in [1.807, 2.05) is 0 Å². The third kappa shape index (κ3) is 5.39. The highest BCUT2D eigenvalue weighted by molar-refractivity contribution is 5.69. The Morgan fingerprint density at radius 1 is 1.57 bits per heavy atom. The molecule has 0 aromatic heterocycles. The van der Waals surface area contributed by atoms with Crippen LogP contribution in [0.15, 0.2) is 0 Å². The highest BCUT2D eigenvalue weighted by Gasteiger charge is 2.28. The molecule has 1 atom stereocenters. The molecule has 0 aromatic rings. The number of halogens is 2. The average Bonchev–Trinajstić information content (AvgIpc) is 2.02. The topological polar surface area (TPSA) is 69.4 Å². The maximum Gasteiger partial charge on any atom is 0.306 e. The van der Waals surface area contributed by atoms with Crippen LogP contribution >= 0.6 is 0 Å². The number of nitrogens with zero attached hydrogens (tertiary/aromatic N) is 1. The summed E-state index contributed by atoms with van der Waals surface area (Å²) in [5, 5.41) is 9.97. The van der Waals surface area contributed by atoms with Crippen LogP contribution in [-0.2, 0) is 9.53 Å². The van der Waals surface area contributed by atoms with Crippen molar-refractivity contribution in [1.82, 2.24) is 0 Å². The minimum atomic E-state index is -2.88. The molecule has 1 unspecified atom stereocenters. The molecular weight excluding hydrogens is 200 g/mol. The summed E-state index contributed by atoms with van der Waals surface area (Å²) in [6.07, 6.45) is -3.50. The summed E-state index contributed by atoms with van der Waals surface area (Å²) in [5.41, 5.74) is 0. The molecule has 7 heteroatoms. The van der Waals surface area contributed by atoms with Crippen LogP contribution in [0.1, 0.15) is 13.3 Å². The summed E-state index contributed by atoms with van der Waals surface area (Å²) in [7, 11) is 0. The van der Waals surface area contributed by atoms with E-state index in [0.717, 1.165) is 0 Å². The zero-order valence-electron chi connectivity index (χ0n) is 7.61. The average molecular weight is 211 g/mol. The number of carbonyl (C=O) groups excluding carboxylic acids is 1. The Morgan fingerprint density at radius 2 is 2.14 bits per heavy atom. The van der Waals surface area contributed by atoms with Crippen molar-refractivity contribution in [2.75, 3.05) is 13.2 Å². The first-order chi connectivity index (χ1) is 6.47. The van der Waals surface area contributed by atoms with Gasteiger partial charge in [-0.2, -0.15) is 0 Å². The zero-order chi connectivity index (χ0) is 11.1. The van der Waals surface area contributed by atoms with Crippen molar-refractivity contribution < 1.29 is 23.2 Å². The number of esters is 1. The van der Waals surface area contributed by atoms with Crippen LogP contribution in [0.2, 0.25) is 0 Å². The molecule has 14 heavy (non-hydrogen) atoms. The van der Waals surface area contributed by atoms with Crippen LogP contribution in [-0.4, -0.2) is 30.5 Å². The van der Waals surface area contributed by atoms with Gasteiger partial charge in [0.1, 0.15) is 0 Å². The Morgan fingerprint density at radius 3 is 2.50 bits per heavy atom. The number of carbonyl (C=O) groups is 1. The Bertz CT molecular complexity index is 210. The number of hydrogen-bond donors (Lipinski definition) is 0. The van der Waals surface area contributed by atoms with Gasteiger partial charge in [-0.1, -0.05) is 0 Å². The normalized spacial score (nSPS) is 12.6. The second kappa shape index (κ2) is 6.22. The Balaban J connectivity index is 4.09. The quantitative estimate of drug-likeness (QED) is 0.374. The summed E-state index contributed by atoms with van der Waals surface area (Å²) in [6, 6.07) is 0. The third-order valence-electron chi connectivity index (χ3n) is 1.47. The number of rotatable bonds is 6. The molecule has 0 fully saturated rings. The molecule has 0 radical (unpaired) electrons. The summed E-state index contributed by atoms with van der Waals surface area (Å²) in [4.78, 5) is 19.9. The van der Waals surface area contributed by atoms with Gasteiger partial charge in [-0.25, -0.2) is 8.78 Å². The molecule has 0 spiro atoms. The summed E-state index contributed by atoms with van der Waals surface area (Å²) in [6.45, 7) is 0.687. The van der Waals surface area contributed by atoms with Gasteiger partial charge in [0.05, 0.1) is 18.9 Å². The molecule has 0 aliphatic carbocycles.